The number of oxazole rings is 1. The molecule has 8 heteroatoms. The van der Waals surface area contributed by atoms with Gasteiger partial charge in [-0.25, -0.2) is 15.0 Å². The van der Waals surface area contributed by atoms with Crippen LogP contribution in [0.25, 0.3) is 12.2 Å². The Balaban J connectivity index is 1.60. The number of hydrogen-bond donors (Lipinski definition) is 1. The summed E-state index contributed by atoms with van der Waals surface area (Å²) in [5.41, 5.74) is -0.0748. The average molecular weight is 371 g/mol. The van der Waals surface area contributed by atoms with Crippen molar-refractivity contribution in [3.05, 3.63) is 47.1 Å². The number of rotatable bonds is 5. The van der Waals surface area contributed by atoms with Gasteiger partial charge in [-0.3, -0.25) is 4.79 Å². The summed E-state index contributed by atoms with van der Waals surface area (Å²) in [6.45, 7) is 8.29. The van der Waals surface area contributed by atoms with Crippen molar-refractivity contribution in [3.63, 3.8) is 0 Å². The van der Waals surface area contributed by atoms with Crippen LogP contribution in [0.4, 0.5) is 5.13 Å². The van der Waals surface area contributed by atoms with Crippen molar-refractivity contribution in [3.8, 4) is 0 Å². The van der Waals surface area contributed by atoms with E-state index in [1.807, 2.05) is 13.0 Å². The molecule has 1 N–H and O–H groups in total. The Kier molecular flexibility index (Phi) is 5.03. The summed E-state index contributed by atoms with van der Waals surface area (Å²) in [6, 6.07) is 0. The van der Waals surface area contributed by atoms with Crippen LogP contribution >= 0.6 is 11.3 Å². The number of amides is 1. The molecular formula is C18H21N5O2S. The Morgan fingerprint density at radius 3 is 2.73 bits per heavy atom. The third-order valence-corrected chi connectivity index (χ3v) is 4.54. The minimum absolute atomic E-state index is 0.0748. The van der Waals surface area contributed by atoms with Crippen LogP contribution in [0.3, 0.4) is 0 Å². The van der Waals surface area contributed by atoms with Gasteiger partial charge in [0.1, 0.15) is 18.1 Å². The number of carbonyl (C=O) groups excluding carboxylic acids is 1. The highest BCUT2D eigenvalue weighted by atomic mass is 32.1. The topological polar surface area (TPSA) is 85.8 Å². The van der Waals surface area contributed by atoms with Crippen LogP contribution in [-0.4, -0.2) is 25.4 Å². The van der Waals surface area contributed by atoms with Crippen molar-refractivity contribution in [1.29, 1.82) is 0 Å². The van der Waals surface area contributed by atoms with Crippen LogP contribution < -0.4 is 5.32 Å². The summed E-state index contributed by atoms with van der Waals surface area (Å²) in [6.07, 6.45) is 10.5. The van der Waals surface area contributed by atoms with Crippen LogP contribution in [0.1, 0.15) is 43.1 Å². The zero-order valence-corrected chi connectivity index (χ0v) is 16.0. The fourth-order valence-corrected chi connectivity index (χ4v) is 2.91. The van der Waals surface area contributed by atoms with Crippen LogP contribution in [0, 0.1) is 6.92 Å². The molecule has 1 amide bonds. The minimum Gasteiger partial charge on any atom is -0.441 e. The number of anilines is 1. The quantitative estimate of drug-likeness (QED) is 0.738. The van der Waals surface area contributed by atoms with Gasteiger partial charge in [0.15, 0.2) is 5.13 Å². The van der Waals surface area contributed by atoms with Crippen LogP contribution in [0.15, 0.2) is 29.2 Å². The molecule has 136 valence electrons. The number of aromatic nitrogens is 4. The zero-order chi connectivity index (χ0) is 18.7. The first-order valence-corrected chi connectivity index (χ1v) is 9.01. The first-order chi connectivity index (χ1) is 12.3. The van der Waals surface area contributed by atoms with E-state index in [4.69, 9.17) is 4.42 Å². The normalized spacial score (nSPS) is 12.0. The maximum absolute atomic E-state index is 12.1. The van der Waals surface area contributed by atoms with Gasteiger partial charge >= 0.3 is 0 Å². The summed E-state index contributed by atoms with van der Waals surface area (Å²) < 4.78 is 7.50. The Hall–Kier alpha value is -2.74. The van der Waals surface area contributed by atoms with Crippen molar-refractivity contribution in [2.24, 2.45) is 0 Å². The van der Waals surface area contributed by atoms with E-state index >= 15 is 0 Å². The van der Waals surface area contributed by atoms with Gasteiger partial charge in [0.2, 0.25) is 11.8 Å². The summed E-state index contributed by atoms with van der Waals surface area (Å²) in [5.74, 6) is 2.04. The summed E-state index contributed by atoms with van der Waals surface area (Å²) in [4.78, 5) is 25.6. The standard InChI is InChI=1S/C18H21N5O2S/c1-12-19-7-8-23(12)11-15(24)22-17-21-9-13(26-17)5-6-16-20-10-14(25-16)18(2,3)4/h5-10H,11H2,1-4H3,(H,21,22,24). The molecule has 0 atom stereocenters. The number of imidazole rings is 1. The van der Waals surface area contributed by atoms with Gasteiger partial charge < -0.3 is 14.3 Å². The lowest BCUT2D eigenvalue weighted by molar-refractivity contribution is -0.116. The SMILES string of the molecule is Cc1nccn1CC(=O)Nc1ncc(C=Cc2ncc(C(C)(C)C)o2)s1. The zero-order valence-electron chi connectivity index (χ0n) is 15.2. The van der Waals surface area contributed by atoms with Crippen molar-refractivity contribution in [1.82, 2.24) is 19.5 Å². The van der Waals surface area contributed by atoms with E-state index in [2.05, 4.69) is 41.0 Å². The smallest absolute Gasteiger partial charge is 0.246 e. The number of thiazole rings is 1. The minimum atomic E-state index is -0.140. The molecule has 0 saturated carbocycles. The molecule has 3 aromatic rings. The van der Waals surface area contributed by atoms with Gasteiger partial charge in [0, 0.05) is 35.0 Å². The molecule has 0 fully saturated rings. The lowest BCUT2D eigenvalue weighted by Gasteiger charge is -2.12. The molecule has 0 aliphatic rings. The van der Waals surface area contributed by atoms with E-state index in [1.165, 1.54) is 11.3 Å². The molecule has 0 bridgehead atoms. The van der Waals surface area contributed by atoms with E-state index in [9.17, 15) is 4.79 Å². The molecule has 0 saturated heterocycles. The van der Waals surface area contributed by atoms with Crippen molar-refractivity contribution in [2.45, 2.75) is 39.7 Å². The van der Waals surface area contributed by atoms with Crippen molar-refractivity contribution >= 4 is 34.5 Å². The van der Waals surface area contributed by atoms with Crippen LogP contribution in [-0.2, 0) is 16.8 Å². The molecule has 0 aliphatic carbocycles. The molecule has 0 aromatic carbocycles. The van der Waals surface area contributed by atoms with E-state index in [0.717, 1.165) is 16.5 Å². The molecule has 7 nitrogen and oxygen atoms in total. The Morgan fingerprint density at radius 1 is 1.27 bits per heavy atom. The monoisotopic (exact) mass is 371 g/mol. The van der Waals surface area contributed by atoms with Gasteiger partial charge in [-0.05, 0) is 13.0 Å². The predicted molar refractivity (Wildman–Crippen MR) is 102 cm³/mol. The number of aryl methyl sites for hydroxylation is 1. The maximum atomic E-state index is 12.1. The highest BCUT2D eigenvalue weighted by molar-refractivity contribution is 7.16. The average Bonchev–Trinajstić information content (AvgIpc) is 3.27. The first-order valence-electron chi connectivity index (χ1n) is 8.19. The fourth-order valence-electron chi connectivity index (χ4n) is 2.17. The number of nitrogens with zero attached hydrogens (tertiary/aromatic N) is 4. The maximum Gasteiger partial charge on any atom is 0.246 e. The van der Waals surface area contributed by atoms with E-state index in [1.54, 1.807) is 35.4 Å². The second kappa shape index (κ2) is 7.25. The van der Waals surface area contributed by atoms with Crippen molar-refractivity contribution in [2.75, 3.05) is 5.32 Å². The summed E-state index contributed by atoms with van der Waals surface area (Å²) in [5, 5.41) is 3.35. The second-order valence-electron chi connectivity index (χ2n) is 6.86. The summed E-state index contributed by atoms with van der Waals surface area (Å²) >= 11 is 1.39. The molecule has 3 rings (SSSR count). The third-order valence-electron chi connectivity index (χ3n) is 3.66. The predicted octanol–water partition coefficient (Wildman–Crippen LogP) is 3.74. The molecule has 26 heavy (non-hydrogen) atoms. The lowest BCUT2D eigenvalue weighted by Crippen LogP contribution is -2.18. The van der Waals surface area contributed by atoms with Crippen molar-refractivity contribution < 1.29 is 9.21 Å². The molecule has 0 radical (unpaired) electrons. The van der Waals surface area contributed by atoms with Gasteiger partial charge in [-0.1, -0.05) is 32.1 Å². The molecule has 0 aliphatic heterocycles. The van der Waals surface area contributed by atoms with Gasteiger partial charge in [-0.2, -0.15) is 0 Å². The largest absolute Gasteiger partial charge is 0.441 e. The number of nitrogens with one attached hydrogen (secondary N) is 1. The molecule has 0 spiro atoms. The van der Waals surface area contributed by atoms with Crippen LogP contribution in [0.5, 0.6) is 0 Å². The molecule has 3 heterocycles. The van der Waals surface area contributed by atoms with Crippen LogP contribution in [0.2, 0.25) is 0 Å². The highest BCUT2D eigenvalue weighted by Crippen LogP contribution is 2.24. The second-order valence-corrected chi connectivity index (χ2v) is 7.93. The first kappa shape index (κ1) is 18.1. The van der Waals surface area contributed by atoms with E-state index in [0.29, 0.717) is 11.0 Å². The van der Waals surface area contributed by atoms with Gasteiger partial charge in [0.05, 0.1) is 6.20 Å². The third kappa shape index (κ3) is 4.45. The van der Waals surface area contributed by atoms with E-state index < -0.39 is 0 Å². The summed E-state index contributed by atoms with van der Waals surface area (Å²) in [7, 11) is 0. The van der Waals surface area contributed by atoms with Gasteiger partial charge in [-0.15, -0.1) is 0 Å². The lowest BCUT2D eigenvalue weighted by atomic mass is 9.94. The number of hydrogen-bond acceptors (Lipinski definition) is 6. The molecule has 0 unspecified atom stereocenters. The molecular weight excluding hydrogens is 350 g/mol. The van der Waals surface area contributed by atoms with E-state index in [-0.39, 0.29) is 17.9 Å². The fraction of sp³-hybridized carbons (Fsp3) is 0.333. The Bertz CT molecular complexity index is 929. The highest BCUT2D eigenvalue weighted by Gasteiger charge is 2.18. The van der Waals surface area contributed by atoms with Gasteiger partial charge in [0.25, 0.3) is 0 Å². The Labute approximate surface area is 155 Å². The Morgan fingerprint density at radius 2 is 2.08 bits per heavy atom. The molecule has 3 aromatic heterocycles. The number of carbonyl (C=O) groups is 1.